The van der Waals surface area contributed by atoms with Gasteiger partial charge in [-0.15, -0.1) is 0 Å². The van der Waals surface area contributed by atoms with E-state index < -0.39 is 0 Å². The molecule has 1 aromatic carbocycles. The molecule has 0 fully saturated rings. The summed E-state index contributed by atoms with van der Waals surface area (Å²) < 4.78 is 5.16. The van der Waals surface area contributed by atoms with Crippen molar-refractivity contribution in [2.24, 2.45) is 5.73 Å². The van der Waals surface area contributed by atoms with E-state index in [1.807, 2.05) is 25.1 Å². The standard InChI is InChI=1S/C12H20N2O/c1-9(13)10(2)14-8-11-5-4-6-12(7-11)15-3/h4-7,9-10,14H,8,13H2,1-3H3. The maximum absolute atomic E-state index is 5.77. The Kier molecular flexibility index (Phi) is 4.59. The second kappa shape index (κ2) is 5.73. The van der Waals surface area contributed by atoms with E-state index in [1.54, 1.807) is 7.11 Å². The molecular weight excluding hydrogens is 188 g/mol. The van der Waals surface area contributed by atoms with Crippen LogP contribution < -0.4 is 15.8 Å². The lowest BCUT2D eigenvalue weighted by Gasteiger charge is -2.17. The van der Waals surface area contributed by atoms with Crippen LogP contribution in [0.5, 0.6) is 5.75 Å². The van der Waals surface area contributed by atoms with Gasteiger partial charge in [-0.2, -0.15) is 0 Å². The van der Waals surface area contributed by atoms with Gasteiger partial charge in [-0.3, -0.25) is 0 Å². The van der Waals surface area contributed by atoms with E-state index in [2.05, 4.69) is 18.3 Å². The number of ether oxygens (including phenoxy) is 1. The minimum Gasteiger partial charge on any atom is -0.497 e. The molecule has 0 aliphatic rings. The van der Waals surface area contributed by atoms with Crippen LogP contribution in [0, 0.1) is 0 Å². The largest absolute Gasteiger partial charge is 0.497 e. The van der Waals surface area contributed by atoms with Crippen LogP contribution in [-0.2, 0) is 6.54 Å². The molecule has 2 unspecified atom stereocenters. The lowest BCUT2D eigenvalue weighted by molar-refractivity contribution is 0.413. The fourth-order valence-electron chi connectivity index (χ4n) is 1.25. The quantitative estimate of drug-likeness (QED) is 0.771. The van der Waals surface area contributed by atoms with Crippen LogP contribution in [0.2, 0.25) is 0 Å². The summed E-state index contributed by atoms with van der Waals surface area (Å²) in [4.78, 5) is 0. The molecule has 0 amide bonds. The van der Waals surface area contributed by atoms with Gasteiger partial charge >= 0.3 is 0 Å². The zero-order chi connectivity index (χ0) is 11.3. The predicted octanol–water partition coefficient (Wildman–Crippen LogP) is 1.52. The topological polar surface area (TPSA) is 47.3 Å². The maximum Gasteiger partial charge on any atom is 0.119 e. The zero-order valence-corrected chi connectivity index (χ0v) is 9.66. The van der Waals surface area contributed by atoms with Crippen molar-refractivity contribution in [3.8, 4) is 5.75 Å². The minimum absolute atomic E-state index is 0.163. The molecule has 1 aromatic rings. The zero-order valence-electron chi connectivity index (χ0n) is 9.66. The third-order valence-corrected chi connectivity index (χ3v) is 2.55. The summed E-state index contributed by atoms with van der Waals surface area (Å²) in [5.41, 5.74) is 6.98. The second-order valence-electron chi connectivity index (χ2n) is 3.88. The molecule has 15 heavy (non-hydrogen) atoms. The molecule has 0 saturated heterocycles. The molecule has 0 spiro atoms. The van der Waals surface area contributed by atoms with Crippen LogP contribution in [0.1, 0.15) is 19.4 Å². The number of nitrogens with two attached hydrogens (primary N) is 1. The van der Waals surface area contributed by atoms with Gasteiger partial charge in [0.1, 0.15) is 5.75 Å². The SMILES string of the molecule is COc1cccc(CNC(C)C(C)N)c1. The minimum atomic E-state index is 0.163. The molecular formula is C12H20N2O. The van der Waals surface area contributed by atoms with Gasteiger partial charge in [0.15, 0.2) is 0 Å². The van der Waals surface area contributed by atoms with Gasteiger partial charge < -0.3 is 15.8 Å². The van der Waals surface area contributed by atoms with Crippen LogP contribution in [0.4, 0.5) is 0 Å². The molecule has 0 radical (unpaired) electrons. The van der Waals surface area contributed by atoms with E-state index >= 15 is 0 Å². The van der Waals surface area contributed by atoms with E-state index in [-0.39, 0.29) is 6.04 Å². The number of methoxy groups -OCH3 is 1. The number of benzene rings is 1. The first-order valence-electron chi connectivity index (χ1n) is 5.25. The summed E-state index contributed by atoms with van der Waals surface area (Å²) in [7, 11) is 1.68. The number of rotatable bonds is 5. The molecule has 0 heterocycles. The van der Waals surface area contributed by atoms with Crippen LogP contribution >= 0.6 is 0 Å². The normalized spacial score (nSPS) is 14.7. The maximum atomic E-state index is 5.77. The summed E-state index contributed by atoms with van der Waals surface area (Å²) in [5.74, 6) is 0.891. The Hall–Kier alpha value is -1.06. The molecule has 84 valence electrons. The molecule has 3 N–H and O–H groups in total. The molecule has 0 aromatic heterocycles. The Labute approximate surface area is 91.6 Å². The van der Waals surface area contributed by atoms with E-state index in [0.29, 0.717) is 6.04 Å². The molecule has 3 heteroatoms. The molecule has 2 atom stereocenters. The predicted molar refractivity (Wildman–Crippen MR) is 62.9 cm³/mol. The van der Waals surface area contributed by atoms with Crippen molar-refractivity contribution in [1.29, 1.82) is 0 Å². The van der Waals surface area contributed by atoms with Crippen LogP contribution in [0.25, 0.3) is 0 Å². The number of hydrogen-bond acceptors (Lipinski definition) is 3. The van der Waals surface area contributed by atoms with E-state index in [9.17, 15) is 0 Å². The third-order valence-electron chi connectivity index (χ3n) is 2.55. The van der Waals surface area contributed by atoms with Crippen molar-refractivity contribution in [3.63, 3.8) is 0 Å². The summed E-state index contributed by atoms with van der Waals surface area (Å²) in [6.45, 7) is 4.91. The first kappa shape index (κ1) is 12.0. The van der Waals surface area contributed by atoms with Crippen molar-refractivity contribution >= 4 is 0 Å². The van der Waals surface area contributed by atoms with E-state index in [0.717, 1.165) is 12.3 Å². The van der Waals surface area contributed by atoms with E-state index in [4.69, 9.17) is 10.5 Å². The Morgan fingerprint density at radius 1 is 1.40 bits per heavy atom. The van der Waals surface area contributed by atoms with Gasteiger partial charge in [-0.05, 0) is 31.5 Å². The molecule has 0 bridgehead atoms. The molecule has 1 rings (SSSR count). The lowest BCUT2D eigenvalue weighted by atomic mass is 10.1. The van der Waals surface area contributed by atoms with Crippen molar-refractivity contribution in [2.75, 3.05) is 7.11 Å². The van der Waals surface area contributed by atoms with Gasteiger partial charge in [0.2, 0.25) is 0 Å². The van der Waals surface area contributed by atoms with Gasteiger partial charge in [-0.25, -0.2) is 0 Å². The van der Waals surface area contributed by atoms with Gasteiger partial charge in [-0.1, -0.05) is 12.1 Å². The average Bonchev–Trinajstić information content (AvgIpc) is 2.26. The number of hydrogen-bond donors (Lipinski definition) is 2. The smallest absolute Gasteiger partial charge is 0.119 e. The monoisotopic (exact) mass is 208 g/mol. The highest BCUT2D eigenvalue weighted by atomic mass is 16.5. The first-order valence-corrected chi connectivity index (χ1v) is 5.25. The highest BCUT2D eigenvalue weighted by molar-refractivity contribution is 5.28. The highest BCUT2D eigenvalue weighted by Gasteiger charge is 2.06. The number of nitrogens with one attached hydrogen (secondary N) is 1. The molecule has 0 aliphatic carbocycles. The van der Waals surface area contributed by atoms with Gasteiger partial charge in [0.05, 0.1) is 7.11 Å². The Morgan fingerprint density at radius 3 is 2.73 bits per heavy atom. The first-order chi connectivity index (χ1) is 7.13. The van der Waals surface area contributed by atoms with Crippen molar-refractivity contribution in [2.45, 2.75) is 32.5 Å². The Balaban J connectivity index is 2.50. The summed E-state index contributed by atoms with van der Waals surface area (Å²) in [5, 5.41) is 3.37. The summed E-state index contributed by atoms with van der Waals surface area (Å²) in [6, 6.07) is 8.52. The van der Waals surface area contributed by atoms with Crippen molar-refractivity contribution in [1.82, 2.24) is 5.32 Å². The van der Waals surface area contributed by atoms with Crippen LogP contribution in [0.15, 0.2) is 24.3 Å². The van der Waals surface area contributed by atoms with Crippen LogP contribution in [-0.4, -0.2) is 19.2 Å². The molecule has 0 saturated carbocycles. The van der Waals surface area contributed by atoms with Crippen molar-refractivity contribution < 1.29 is 4.74 Å². The summed E-state index contributed by atoms with van der Waals surface area (Å²) >= 11 is 0. The fraction of sp³-hybridized carbons (Fsp3) is 0.500. The fourth-order valence-corrected chi connectivity index (χ4v) is 1.25. The van der Waals surface area contributed by atoms with Gasteiger partial charge in [0, 0.05) is 18.6 Å². The lowest BCUT2D eigenvalue weighted by Crippen LogP contribution is -2.40. The van der Waals surface area contributed by atoms with Crippen molar-refractivity contribution in [3.05, 3.63) is 29.8 Å². The Morgan fingerprint density at radius 2 is 2.13 bits per heavy atom. The molecule has 0 aliphatic heterocycles. The van der Waals surface area contributed by atoms with E-state index in [1.165, 1.54) is 5.56 Å². The average molecular weight is 208 g/mol. The van der Waals surface area contributed by atoms with Gasteiger partial charge in [0.25, 0.3) is 0 Å². The third kappa shape index (κ3) is 3.90. The second-order valence-corrected chi connectivity index (χ2v) is 3.88. The summed E-state index contributed by atoms with van der Waals surface area (Å²) in [6.07, 6.45) is 0. The Bertz CT molecular complexity index is 299. The molecule has 3 nitrogen and oxygen atoms in total. The van der Waals surface area contributed by atoms with Crippen LogP contribution in [0.3, 0.4) is 0 Å². The highest BCUT2D eigenvalue weighted by Crippen LogP contribution is 2.12.